The van der Waals surface area contributed by atoms with Crippen LogP contribution in [0.3, 0.4) is 0 Å². The normalized spacial score (nSPS) is 15.8. The number of rotatable bonds is 4. The maximum atomic E-state index is 11.5. The van der Waals surface area contributed by atoms with Crippen LogP contribution in [0.4, 0.5) is 5.69 Å². The van der Waals surface area contributed by atoms with Crippen molar-refractivity contribution < 1.29 is 9.53 Å². The first-order valence-electron chi connectivity index (χ1n) is 5.60. The lowest BCUT2D eigenvalue weighted by atomic mass is 10.3. The molecule has 1 N–H and O–H groups in total. The van der Waals surface area contributed by atoms with E-state index < -0.39 is 0 Å². The molecule has 17 heavy (non-hydrogen) atoms. The van der Waals surface area contributed by atoms with Crippen molar-refractivity contribution in [3.8, 4) is 0 Å². The number of methoxy groups -OCH3 is 1. The highest BCUT2D eigenvalue weighted by Gasteiger charge is 2.24. The highest BCUT2D eigenvalue weighted by atomic mass is 32.1. The molecule has 0 aliphatic heterocycles. The van der Waals surface area contributed by atoms with Crippen molar-refractivity contribution in [1.29, 1.82) is 0 Å². The van der Waals surface area contributed by atoms with E-state index in [9.17, 15) is 4.79 Å². The highest BCUT2D eigenvalue weighted by molar-refractivity contribution is 7.12. The summed E-state index contributed by atoms with van der Waals surface area (Å²) in [5.41, 5.74) is 5.88. The van der Waals surface area contributed by atoms with Crippen LogP contribution in [0.1, 0.15) is 35.0 Å². The molecule has 1 fully saturated rings. The topological polar surface area (TPSA) is 50.7 Å². The minimum Gasteiger partial charge on any atom is -0.465 e. The number of anilines is 1. The third-order valence-electron chi connectivity index (χ3n) is 2.86. The maximum absolute atomic E-state index is 11.5. The number of ether oxygens (including phenoxy) is 1. The standard InChI is InChI=1S/C12H16N2O2S/c1-7-6-17-11(12(15)16-3)10(7)14-13-8(2)9-4-5-9/h6,9,14H,4-5H2,1-3H3/b13-8-. The van der Waals surface area contributed by atoms with E-state index in [1.807, 2.05) is 19.2 Å². The molecule has 4 nitrogen and oxygen atoms in total. The summed E-state index contributed by atoms with van der Waals surface area (Å²) in [5, 5.41) is 6.26. The minimum atomic E-state index is -0.315. The van der Waals surface area contributed by atoms with Crippen molar-refractivity contribution in [2.24, 2.45) is 11.0 Å². The average molecular weight is 252 g/mol. The van der Waals surface area contributed by atoms with Gasteiger partial charge in [0.25, 0.3) is 0 Å². The van der Waals surface area contributed by atoms with Gasteiger partial charge in [-0.2, -0.15) is 5.10 Å². The van der Waals surface area contributed by atoms with Crippen LogP contribution in [-0.2, 0) is 4.74 Å². The first kappa shape index (κ1) is 12.1. The Morgan fingerprint density at radius 1 is 1.59 bits per heavy atom. The van der Waals surface area contributed by atoms with Gasteiger partial charge < -0.3 is 4.74 Å². The maximum Gasteiger partial charge on any atom is 0.350 e. The second-order valence-corrected chi connectivity index (χ2v) is 5.13. The van der Waals surface area contributed by atoms with Crippen molar-refractivity contribution in [2.75, 3.05) is 12.5 Å². The van der Waals surface area contributed by atoms with Gasteiger partial charge >= 0.3 is 5.97 Å². The van der Waals surface area contributed by atoms with Gasteiger partial charge in [-0.15, -0.1) is 11.3 Å². The van der Waals surface area contributed by atoms with Gasteiger partial charge in [0.15, 0.2) is 0 Å². The summed E-state index contributed by atoms with van der Waals surface area (Å²) in [7, 11) is 1.39. The zero-order valence-corrected chi connectivity index (χ0v) is 11.1. The molecule has 0 radical (unpaired) electrons. The molecule has 0 atom stereocenters. The van der Waals surface area contributed by atoms with Crippen LogP contribution in [-0.4, -0.2) is 18.8 Å². The lowest BCUT2D eigenvalue weighted by molar-refractivity contribution is 0.0607. The van der Waals surface area contributed by atoms with Gasteiger partial charge in [-0.1, -0.05) is 0 Å². The van der Waals surface area contributed by atoms with Crippen molar-refractivity contribution >= 4 is 28.7 Å². The summed E-state index contributed by atoms with van der Waals surface area (Å²) in [6.07, 6.45) is 2.45. The first-order valence-corrected chi connectivity index (χ1v) is 6.48. The molecule has 5 heteroatoms. The Morgan fingerprint density at radius 3 is 2.88 bits per heavy atom. The number of nitrogens with zero attached hydrogens (tertiary/aromatic N) is 1. The van der Waals surface area contributed by atoms with E-state index in [1.54, 1.807) is 0 Å². The second kappa shape index (κ2) is 4.87. The smallest absolute Gasteiger partial charge is 0.350 e. The third kappa shape index (κ3) is 2.66. The van der Waals surface area contributed by atoms with Crippen LogP contribution in [0.15, 0.2) is 10.5 Å². The lowest BCUT2D eigenvalue weighted by Crippen LogP contribution is -2.05. The van der Waals surface area contributed by atoms with Crippen LogP contribution < -0.4 is 5.43 Å². The molecule has 0 saturated heterocycles. The minimum absolute atomic E-state index is 0.315. The van der Waals surface area contributed by atoms with Gasteiger partial charge in [0, 0.05) is 5.71 Å². The summed E-state index contributed by atoms with van der Waals surface area (Å²) in [6.45, 7) is 3.97. The van der Waals surface area contributed by atoms with Crippen LogP contribution in [0.2, 0.25) is 0 Å². The van der Waals surface area contributed by atoms with Crippen molar-refractivity contribution in [3.63, 3.8) is 0 Å². The molecule has 0 spiro atoms. The Kier molecular flexibility index (Phi) is 3.47. The quantitative estimate of drug-likeness (QED) is 0.509. The number of esters is 1. The summed E-state index contributed by atoms with van der Waals surface area (Å²) < 4.78 is 4.74. The summed E-state index contributed by atoms with van der Waals surface area (Å²) in [4.78, 5) is 12.1. The molecule has 0 aromatic carbocycles. The van der Waals surface area contributed by atoms with E-state index in [2.05, 4.69) is 10.5 Å². The fourth-order valence-corrected chi connectivity index (χ4v) is 2.48. The van der Waals surface area contributed by atoms with E-state index in [0.29, 0.717) is 10.8 Å². The molecule has 0 amide bonds. The molecule has 2 rings (SSSR count). The molecule has 1 aromatic heterocycles. The van der Waals surface area contributed by atoms with E-state index in [4.69, 9.17) is 4.74 Å². The van der Waals surface area contributed by atoms with E-state index in [0.717, 1.165) is 17.0 Å². The van der Waals surface area contributed by atoms with Gasteiger partial charge in [-0.3, -0.25) is 5.43 Å². The van der Waals surface area contributed by atoms with Crippen molar-refractivity contribution in [2.45, 2.75) is 26.7 Å². The third-order valence-corrected chi connectivity index (χ3v) is 3.94. The number of hydrazone groups is 1. The second-order valence-electron chi connectivity index (χ2n) is 4.25. The summed E-state index contributed by atoms with van der Waals surface area (Å²) >= 11 is 1.38. The predicted octanol–water partition coefficient (Wildman–Crippen LogP) is 3.04. The molecule has 1 saturated carbocycles. The SMILES string of the molecule is COC(=O)c1scc(C)c1N/N=C(/C)C1CC1. The molecular weight excluding hydrogens is 236 g/mol. The number of aryl methyl sites for hydroxylation is 1. The van der Waals surface area contributed by atoms with Gasteiger partial charge in [0.05, 0.1) is 12.8 Å². The lowest BCUT2D eigenvalue weighted by Gasteiger charge is -2.04. The van der Waals surface area contributed by atoms with Crippen LogP contribution in [0.5, 0.6) is 0 Å². The summed E-state index contributed by atoms with van der Waals surface area (Å²) in [5.74, 6) is 0.313. The number of carbonyl (C=O) groups is 1. The van der Waals surface area contributed by atoms with Crippen molar-refractivity contribution in [1.82, 2.24) is 0 Å². The van der Waals surface area contributed by atoms with Crippen LogP contribution in [0.25, 0.3) is 0 Å². The largest absolute Gasteiger partial charge is 0.465 e. The van der Waals surface area contributed by atoms with Gasteiger partial charge in [-0.25, -0.2) is 4.79 Å². The predicted molar refractivity (Wildman–Crippen MR) is 69.9 cm³/mol. The number of hydrogen-bond donors (Lipinski definition) is 1. The van der Waals surface area contributed by atoms with Gasteiger partial charge in [0.2, 0.25) is 0 Å². The van der Waals surface area contributed by atoms with E-state index in [1.165, 1.54) is 31.3 Å². The van der Waals surface area contributed by atoms with Crippen molar-refractivity contribution in [3.05, 3.63) is 15.8 Å². The van der Waals surface area contributed by atoms with Crippen LogP contribution in [0, 0.1) is 12.8 Å². The monoisotopic (exact) mass is 252 g/mol. The number of carbonyl (C=O) groups excluding carboxylic acids is 1. The average Bonchev–Trinajstić information content (AvgIpc) is 3.10. The molecular formula is C12H16N2O2S. The Balaban J connectivity index is 2.16. The van der Waals surface area contributed by atoms with Crippen LogP contribution >= 0.6 is 11.3 Å². The highest BCUT2D eigenvalue weighted by Crippen LogP contribution is 2.32. The Bertz CT molecular complexity index is 461. The summed E-state index contributed by atoms with van der Waals surface area (Å²) in [6, 6.07) is 0. The zero-order chi connectivity index (χ0) is 12.4. The van der Waals surface area contributed by atoms with Gasteiger partial charge in [0.1, 0.15) is 4.88 Å². The molecule has 1 aliphatic carbocycles. The Hall–Kier alpha value is -1.36. The molecule has 1 aliphatic rings. The van der Waals surface area contributed by atoms with E-state index >= 15 is 0 Å². The number of hydrogen-bond acceptors (Lipinski definition) is 5. The van der Waals surface area contributed by atoms with Gasteiger partial charge in [-0.05, 0) is 43.6 Å². The molecule has 1 heterocycles. The molecule has 92 valence electrons. The number of thiophene rings is 1. The first-order chi connectivity index (χ1) is 8.13. The Morgan fingerprint density at radius 2 is 2.29 bits per heavy atom. The zero-order valence-electron chi connectivity index (χ0n) is 10.2. The molecule has 0 unspecified atom stereocenters. The molecule has 0 bridgehead atoms. The molecule has 1 aromatic rings. The fraction of sp³-hybridized carbons (Fsp3) is 0.500. The van der Waals surface area contributed by atoms with E-state index in [-0.39, 0.29) is 5.97 Å². The Labute approximate surface area is 105 Å². The fourth-order valence-electron chi connectivity index (χ4n) is 1.56. The number of nitrogens with one attached hydrogen (secondary N) is 1.